The molecule has 2 amide bonds. The van der Waals surface area contributed by atoms with Crippen molar-refractivity contribution in [2.24, 2.45) is 0 Å². The van der Waals surface area contributed by atoms with Crippen molar-refractivity contribution in [1.29, 1.82) is 0 Å². The fourth-order valence-corrected chi connectivity index (χ4v) is 2.48. The zero-order valence-corrected chi connectivity index (χ0v) is 10.6. The summed E-state index contributed by atoms with van der Waals surface area (Å²) < 4.78 is 5.29. The Hall–Kier alpha value is -2.08. The van der Waals surface area contributed by atoms with E-state index in [1.807, 2.05) is 18.2 Å². The number of carbonyl (C=O) groups is 1. The van der Waals surface area contributed by atoms with Gasteiger partial charge in [-0.3, -0.25) is 0 Å². The molecule has 1 fully saturated rings. The number of aliphatic hydroxyl groups is 1. The number of amides is 2. The molecular formula is C13H15N3O3. The monoisotopic (exact) mass is 261 g/mol. The second kappa shape index (κ2) is 4.55. The minimum atomic E-state index is -0.0586. The van der Waals surface area contributed by atoms with Crippen LogP contribution in [-0.4, -0.2) is 52.7 Å². The quantitative estimate of drug-likeness (QED) is 0.902. The molecule has 0 spiro atoms. The van der Waals surface area contributed by atoms with Gasteiger partial charge in [0.15, 0.2) is 12.0 Å². The van der Waals surface area contributed by atoms with Gasteiger partial charge in [-0.2, -0.15) is 0 Å². The molecule has 1 aromatic heterocycles. The Bertz CT molecular complexity index is 610. The zero-order valence-electron chi connectivity index (χ0n) is 10.6. The van der Waals surface area contributed by atoms with E-state index in [1.165, 1.54) is 6.39 Å². The molecule has 3 rings (SSSR count). The molecule has 0 radical (unpaired) electrons. The molecule has 1 aliphatic rings. The maximum absolute atomic E-state index is 12.0. The van der Waals surface area contributed by atoms with Crippen molar-refractivity contribution in [3.05, 3.63) is 30.2 Å². The molecule has 0 saturated carbocycles. The lowest BCUT2D eigenvalue weighted by Gasteiger charge is -2.17. The summed E-state index contributed by atoms with van der Waals surface area (Å²) in [7, 11) is 1.77. The molecule has 2 aromatic rings. The predicted octanol–water partition coefficient (Wildman–Crippen LogP) is 1.23. The third kappa shape index (κ3) is 1.94. The zero-order chi connectivity index (χ0) is 13.4. The van der Waals surface area contributed by atoms with Gasteiger partial charge in [-0.15, -0.1) is 0 Å². The normalized spacial score (nSPS) is 19.7. The van der Waals surface area contributed by atoms with E-state index in [9.17, 15) is 4.79 Å². The number of hydrogen-bond donors (Lipinski definition) is 1. The Kier molecular flexibility index (Phi) is 2.87. The Morgan fingerprint density at radius 3 is 3.16 bits per heavy atom. The number of rotatable bonds is 3. The highest BCUT2D eigenvalue weighted by Crippen LogP contribution is 2.29. The average Bonchev–Trinajstić information content (AvgIpc) is 2.98. The number of aliphatic hydroxyl groups excluding tert-OH is 1. The van der Waals surface area contributed by atoms with Crippen molar-refractivity contribution in [3.8, 4) is 0 Å². The molecule has 6 nitrogen and oxygen atoms in total. The number of aromatic nitrogens is 1. The number of carbonyl (C=O) groups excluding carboxylic acids is 1. The van der Waals surface area contributed by atoms with Gasteiger partial charge >= 0.3 is 6.03 Å². The van der Waals surface area contributed by atoms with Crippen LogP contribution in [0.2, 0.25) is 0 Å². The van der Waals surface area contributed by atoms with Crippen LogP contribution in [0.25, 0.3) is 11.1 Å². The minimum absolute atomic E-state index is 0.0199. The van der Waals surface area contributed by atoms with Crippen molar-refractivity contribution in [2.45, 2.75) is 6.04 Å². The van der Waals surface area contributed by atoms with E-state index < -0.39 is 0 Å². The highest BCUT2D eigenvalue weighted by Gasteiger charge is 2.35. The number of β-amino-alcohol motifs (C(OH)–C–C–N with tert-alkyl or cyclic N) is 1. The fraction of sp³-hybridized carbons (Fsp3) is 0.385. The first-order valence-electron chi connectivity index (χ1n) is 6.16. The van der Waals surface area contributed by atoms with Crippen LogP contribution in [0.4, 0.5) is 4.79 Å². The number of benzene rings is 1. The van der Waals surface area contributed by atoms with Crippen molar-refractivity contribution in [2.75, 3.05) is 26.7 Å². The molecule has 100 valence electrons. The number of urea groups is 1. The lowest BCUT2D eigenvalue weighted by atomic mass is 10.1. The Balaban J connectivity index is 1.91. The lowest BCUT2D eigenvalue weighted by molar-refractivity contribution is 0.182. The van der Waals surface area contributed by atoms with E-state index in [0.29, 0.717) is 13.1 Å². The molecule has 1 aliphatic heterocycles. The average molecular weight is 261 g/mol. The van der Waals surface area contributed by atoms with Crippen LogP contribution in [0, 0.1) is 0 Å². The van der Waals surface area contributed by atoms with Crippen molar-refractivity contribution < 1.29 is 14.3 Å². The maximum atomic E-state index is 12.0. The highest BCUT2D eigenvalue weighted by atomic mass is 16.3. The van der Waals surface area contributed by atoms with Crippen LogP contribution < -0.4 is 0 Å². The summed E-state index contributed by atoms with van der Waals surface area (Å²) in [6, 6.07) is 5.69. The Labute approximate surface area is 110 Å². The molecule has 1 saturated heterocycles. The number of hydrogen-bond acceptors (Lipinski definition) is 4. The van der Waals surface area contributed by atoms with E-state index in [4.69, 9.17) is 9.52 Å². The first kappa shape index (κ1) is 12.0. The van der Waals surface area contributed by atoms with Gasteiger partial charge in [0.2, 0.25) is 0 Å². The Morgan fingerprint density at radius 2 is 2.37 bits per heavy atom. The van der Waals surface area contributed by atoms with E-state index >= 15 is 0 Å². The van der Waals surface area contributed by atoms with E-state index in [-0.39, 0.29) is 18.7 Å². The van der Waals surface area contributed by atoms with Crippen LogP contribution in [0.3, 0.4) is 0 Å². The molecular weight excluding hydrogens is 246 g/mol. The predicted molar refractivity (Wildman–Crippen MR) is 68.6 cm³/mol. The third-order valence-corrected chi connectivity index (χ3v) is 3.54. The van der Waals surface area contributed by atoms with Crippen molar-refractivity contribution >= 4 is 17.1 Å². The highest BCUT2D eigenvalue weighted by molar-refractivity contribution is 5.78. The Morgan fingerprint density at radius 1 is 1.53 bits per heavy atom. The van der Waals surface area contributed by atoms with Crippen LogP contribution in [0.5, 0.6) is 0 Å². The van der Waals surface area contributed by atoms with Crippen LogP contribution >= 0.6 is 0 Å². The van der Waals surface area contributed by atoms with Gasteiger partial charge < -0.3 is 19.3 Å². The molecule has 1 N–H and O–H groups in total. The van der Waals surface area contributed by atoms with E-state index in [0.717, 1.165) is 16.7 Å². The number of likely N-dealkylation sites (N-methyl/N-ethyl adjacent to an activating group) is 1. The standard InChI is InChI=1S/C13H15N3O3/c1-15-11(7-16(4-5-17)13(15)18)9-2-3-10-12(6-9)19-8-14-10/h2-3,6,8,11,17H,4-5,7H2,1H3. The van der Waals surface area contributed by atoms with Crippen LogP contribution in [0.1, 0.15) is 11.6 Å². The molecule has 0 bridgehead atoms. The summed E-state index contributed by atoms with van der Waals surface area (Å²) in [6.45, 7) is 0.924. The molecule has 6 heteroatoms. The molecule has 1 aromatic carbocycles. The van der Waals surface area contributed by atoms with Crippen LogP contribution in [0.15, 0.2) is 29.0 Å². The third-order valence-electron chi connectivity index (χ3n) is 3.54. The van der Waals surface area contributed by atoms with E-state index in [1.54, 1.807) is 16.8 Å². The van der Waals surface area contributed by atoms with Gasteiger partial charge in [-0.25, -0.2) is 9.78 Å². The first-order valence-corrected chi connectivity index (χ1v) is 6.16. The summed E-state index contributed by atoms with van der Waals surface area (Å²) in [4.78, 5) is 19.4. The second-order valence-corrected chi connectivity index (χ2v) is 4.66. The summed E-state index contributed by atoms with van der Waals surface area (Å²) in [5, 5.41) is 8.97. The van der Waals surface area contributed by atoms with Crippen molar-refractivity contribution in [1.82, 2.24) is 14.8 Å². The van der Waals surface area contributed by atoms with Gasteiger partial charge in [0, 0.05) is 20.1 Å². The molecule has 2 heterocycles. The van der Waals surface area contributed by atoms with Crippen LogP contribution in [-0.2, 0) is 0 Å². The largest absolute Gasteiger partial charge is 0.443 e. The smallest absolute Gasteiger partial charge is 0.320 e. The summed E-state index contributed by atoms with van der Waals surface area (Å²) in [5.74, 6) is 0. The molecule has 1 unspecified atom stereocenters. The van der Waals surface area contributed by atoms with Crippen molar-refractivity contribution in [3.63, 3.8) is 0 Å². The summed E-state index contributed by atoms with van der Waals surface area (Å²) >= 11 is 0. The number of fused-ring (bicyclic) bond motifs is 1. The lowest BCUT2D eigenvalue weighted by Crippen LogP contribution is -2.31. The second-order valence-electron chi connectivity index (χ2n) is 4.66. The van der Waals surface area contributed by atoms with Gasteiger partial charge in [0.25, 0.3) is 0 Å². The molecule has 19 heavy (non-hydrogen) atoms. The van der Waals surface area contributed by atoms with Gasteiger partial charge in [-0.1, -0.05) is 6.07 Å². The molecule has 0 aliphatic carbocycles. The fourth-order valence-electron chi connectivity index (χ4n) is 2.48. The molecule has 1 atom stereocenters. The van der Waals surface area contributed by atoms with Gasteiger partial charge in [0.1, 0.15) is 5.52 Å². The number of nitrogens with zero attached hydrogens (tertiary/aromatic N) is 3. The topological polar surface area (TPSA) is 69.8 Å². The SMILES string of the molecule is CN1C(=O)N(CCO)CC1c1ccc2ncoc2c1. The number of oxazole rings is 1. The van der Waals surface area contributed by atoms with Gasteiger partial charge in [-0.05, 0) is 17.7 Å². The summed E-state index contributed by atoms with van der Waals surface area (Å²) in [6.07, 6.45) is 1.41. The first-order chi connectivity index (χ1) is 9.20. The maximum Gasteiger partial charge on any atom is 0.320 e. The minimum Gasteiger partial charge on any atom is -0.443 e. The van der Waals surface area contributed by atoms with Gasteiger partial charge in [0.05, 0.1) is 12.6 Å². The summed E-state index contributed by atoms with van der Waals surface area (Å²) in [5.41, 5.74) is 2.54. The van der Waals surface area contributed by atoms with E-state index in [2.05, 4.69) is 4.98 Å².